The second kappa shape index (κ2) is 59.7. The predicted octanol–water partition coefficient (Wildman–Crippen LogP) is 18.6. The lowest BCUT2D eigenvalue weighted by Gasteiger charge is -2.21. The second-order valence-electron chi connectivity index (χ2n) is 24.3. The SMILES string of the molecule is CCCCCCCCCCCCC(=O)OC[C@H](COP(=O)(O)OC[C@@H](O)COP(=O)(O)OC[C@@H](COC(=O)CCCCCCCCCC)OC(=O)CCCCCCCCCCC)OC(=O)CCCCCCCCCCCCCCCCCC(C)C. The lowest BCUT2D eigenvalue weighted by Crippen LogP contribution is -2.30. The van der Waals surface area contributed by atoms with Crippen molar-refractivity contribution < 1.29 is 80.2 Å². The average Bonchev–Trinajstić information content (AvgIpc) is 3.54. The first-order valence-electron chi connectivity index (χ1n) is 34.6. The van der Waals surface area contributed by atoms with Crippen LogP contribution in [0.15, 0.2) is 0 Å². The number of aliphatic hydroxyl groups excluding tert-OH is 1. The monoisotopic (exact) mass is 1250 g/mol. The summed E-state index contributed by atoms with van der Waals surface area (Å²) in [6, 6.07) is 0. The van der Waals surface area contributed by atoms with E-state index < -0.39 is 97.5 Å². The first-order valence-corrected chi connectivity index (χ1v) is 37.6. The summed E-state index contributed by atoms with van der Waals surface area (Å²) in [5, 5.41) is 10.5. The van der Waals surface area contributed by atoms with E-state index in [1.165, 1.54) is 154 Å². The number of esters is 4. The van der Waals surface area contributed by atoms with Crippen LogP contribution in [0.2, 0.25) is 0 Å². The fraction of sp³-hybridized carbons (Fsp3) is 0.939. The molecule has 0 spiro atoms. The van der Waals surface area contributed by atoms with Gasteiger partial charge in [-0.2, -0.15) is 0 Å². The third kappa shape index (κ3) is 60.7. The molecule has 17 nitrogen and oxygen atoms in total. The van der Waals surface area contributed by atoms with E-state index in [0.717, 1.165) is 102 Å². The average molecular weight is 1260 g/mol. The van der Waals surface area contributed by atoms with E-state index in [1.807, 2.05) is 0 Å². The molecule has 0 aromatic rings. The third-order valence-electron chi connectivity index (χ3n) is 15.3. The molecule has 0 aromatic carbocycles. The minimum atomic E-state index is -4.94. The Balaban J connectivity index is 5.16. The molecule has 0 fully saturated rings. The van der Waals surface area contributed by atoms with E-state index >= 15 is 0 Å². The Labute approximate surface area is 517 Å². The van der Waals surface area contributed by atoms with Crippen molar-refractivity contribution in [3.63, 3.8) is 0 Å². The lowest BCUT2D eigenvalue weighted by molar-refractivity contribution is -0.161. The number of unbranched alkanes of at least 4 members (excludes halogenated alkanes) is 38. The van der Waals surface area contributed by atoms with Gasteiger partial charge in [-0.3, -0.25) is 37.3 Å². The number of phosphoric ester groups is 2. The number of phosphoric acid groups is 2. The highest BCUT2D eigenvalue weighted by atomic mass is 31.2. The molecule has 0 aliphatic heterocycles. The standard InChI is InChI=1S/C66H128O17P2/c1-6-9-12-15-18-21-31-35-40-45-50-64(69)77-56-62(83-66(71)52-47-42-37-32-28-26-24-22-23-25-27-30-33-38-43-48-59(4)5)58-81-85(74,75)79-54-60(67)53-78-84(72,73)80-57-61(55-76-63(68)49-44-39-34-20-17-14-11-8-3)82-65(70)51-46-41-36-29-19-16-13-10-7-2/h59-62,67H,6-58H2,1-5H3,(H,72,73)(H,74,75)/t60-,61+,62+/m0/s1. The van der Waals surface area contributed by atoms with Gasteiger partial charge in [0.15, 0.2) is 12.2 Å². The van der Waals surface area contributed by atoms with E-state index in [2.05, 4.69) is 34.6 Å². The Kier molecular flexibility index (Phi) is 58.3. The fourth-order valence-electron chi connectivity index (χ4n) is 9.94. The summed E-state index contributed by atoms with van der Waals surface area (Å²) in [6.07, 6.45) is 44.5. The second-order valence-corrected chi connectivity index (χ2v) is 27.2. The maximum Gasteiger partial charge on any atom is 0.472 e. The Morgan fingerprint density at radius 1 is 0.318 bits per heavy atom. The maximum absolute atomic E-state index is 13.0. The molecule has 504 valence electrons. The van der Waals surface area contributed by atoms with Gasteiger partial charge in [0.1, 0.15) is 19.3 Å². The van der Waals surface area contributed by atoms with Crippen LogP contribution in [-0.4, -0.2) is 96.7 Å². The molecule has 0 radical (unpaired) electrons. The van der Waals surface area contributed by atoms with E-state index in [1.54, 1.807) is 0 Å². The molecule has 0 aromatic heterocycles. The van der Waals surface area contributed by atoms with Crippen molar-refractivity contribution in [3.8, 4) is 0 Å². The van der Waals surface area contributed by atoms with Gasteiger partial charge in [0.05, 0.1) is 26.4 Å². The van der Waals surface area contributed by atoms with Gasteiger partial charge in [-0.05, 0) is 31.6 Å². The van der Waals surface area contributed by atoms with Crippen molar-refractivity contribution in [2.45, 2.75) is 355 Å². The first kappa shape index (κ1) is 83.1. The lowest BCUT2D eigenvalue weighted by atomic mass is 10.0. The summed E-state index contributed by atoms with van der Waals surface area (Å²) < 4.78 is 68.0. The van der Waals surface area contributed by atoms with E-state index in [4.69, 9.17) is 37.0 Å². The number of carbonyl (C=O) groups excluding carboxylic acids is 4. The molecule has 0 aliphatic rings. The Bertz CT molecular complexity index is 1650. The van der Waals surface area contributed by atoms with Crippen molar-refractivity contribution in [1.29, 1.82) is 0 Å². The van der Waals surface area contributed by atoms with E-state index in [9.17, 15) is 43.2 Å². The first-order chi connectivity index (χ1) is 41.0. The van der Waals surface area contributed by atoms with Gasteiger partial charge in [0, 0.05) is 25.7 Å². The molecule has 0 rings (SSSR count). The zero-order valence-corrected chi connectivity index (χ0v) is 56.5. The summed E-state index contributed by atoms with van der Waals surface area (Å²) in [6.45, 7) is 7.19. The van der Waals surface area contributed by atoms with Crippen molar-refractivity contribution in [3.05, 3.63) is 0 Å². The molecule has 0 saturated carbocycles. The highest BCUT2D eigenvalue weighted by Crippen LogP contribution is 2.45. The fourth-order valence-corrected chi connectivity index (χ4v) is 11.5. The van der Waals surface area contributed by atoms with Crippen LogP contribution in [0, 0.1) is 5.92 Å². The zero-order chi connectivity index (χ0) is 62.8. The maximum atomic E-state index is 13.0. The minimum absolute atomic E-state index is 0.106. The molecule has 0 bridgehead atoms. The predicted molar refractivity (Wildman–Crippen MR) is 340 cm³/mol. The largest absolute Gasteiger partial charge is 0.472 e. The van der Waals surface area contributed by atoms with Gasteiger partial charge >= 0.3 is 39.5 Å². The molecule has 0 amide bonds. The number of rotatable bonds is 66. The number of hydrogen-bond acceptors (Lipinski definition) is 15. The van der Waals surface area contributed by atoms with Gasteiger partial charge in [-0.25, -0.2) is 9.13 Å². The van der Waals surface area contributed by atoms with Crippen LogP contribution >= 0.6 is 15.6 Å². The molecular formula is C66H128O17P2. The van der Waals surface area contributed by atoms with Gasteiger partial charge < -0.3 is 33.8 Å². The summed E-state index contributed by atoms with van der Waals surface area (Å²) in [7, 11) is -9.88. The van der Waals surface area contributed by atoms with Crippen LogP contribution in [0.1, 0.15) is 336 Å². The van der Waals surface area contributed by atoms with Crippen LogP contribution in [0.25, 0.3) is 0 Å². The molecule has 3 N–H and O–H groups in total. The molecule has 19 heteroatoms. The van der Waals surface area contributed by atoms with E-state index in [0.29, 0.717) is 25.7 Å². The summed E-state index contributed by atoms with van der Waals surface area (Å²) in [4.78, 5) is 72.2. The topological polar surface area (TPSA) is 237 Å². The molecule has 0 saturated heterocycles. The van der Waals surface area contributed by atoms with Crippen LogP contribution < -0.4 is 0 Å². The molecule has 0 aliphatic carbocycles. The normalized spacial score (nSPS) is 14.2. The van der Waals surface area contributed by atoms with Crippen molar-refractivity contribution in [1.82, 2.24) is 0 Å². The van der Waals surface area contributed by atoms with Crippen molar-refractivity contribution in [2.75, 3.05) is 39.6 Å². The summed E-state index contributed by atoms with van der Waals surface area (Å²) in [5.41, 5.74) is 0. The van der Waals surface area contributed by atoms with Gasteiger partial charge in [-0.15, -0.1) is 0 Å². The van der Waals surface area contributed by atoms with Gasteiger partial charge in [-0.1, -0.05) is 285 Å². The van der Waals surface area contributed by atoms with Crippen molar-refractivity contribution in [2.24, 2.45) is 5.92 Å². The Morgan fingerprint density at radius 3 is 0.800 bits per heavy atom. The van der Waals surface area contributed by atoms with Gasteiger partial charge in [0.2, 0.25) is 0 Å². The van der Waals surface area contributed by atoms with Crippen LogP contribution in [0.4, 0.5) is 0 Å². The van der Waals surface area contributed by atoms with Crippen LogP contribution in [0.3, 0.4) is 0 Å². The quantitative estimate of drug-likeness (QED) is 0.0222. The smallest absolute Gasteiger partial charge is 0.462 e. The molecule has 85 heavy (non-hydrogen) atoms. The number of aliphatic hydroxyl groups is 1. The number of ether oxygens (including phenoxy) is 4. The molecular weight excluding hydrogens is 1130 g/mol. The molecule has 5 atom stereocenters. The minimum Gasteiger partial charge on any atom is -0.462 e. The Morgan fingerprint density at radius 2 is 0.541 bits per heavy atom. The highest BCUT2D eigenvalue weighted by Gasteiger charge is 2.30. The summed E-state index contributed by atoms with van der Waals surface area (Å²) in [5.74, 6) is -1.33. The summed E-state index contributed by atoms with van der Waals surface area (Å²) >= 11 is 0. The molecule has 2 unspecified atom stereocenters. The van der Waals surface area contributed by atoms with Crippen molar-refractivity contribution >= 4 is 39.5 Å². The zero-order valence-electron chi connectivity index (χ0n) is 54.7. The Hall–Kier alpha value is -1.94. The van der Waals surface area contributed by atoms with Gasteiger partial charge in [0.25, 0.3) is 0 Å². The van der Waals surface area contributed by atoms with E-state index in [-0.39, 0.29) is 25.7 Å². The number of carbonyl (C=O) groups is 4. The van der Waals surface area contributed by atoms with Crippen LogP contribution in [-0.2, 0) is 65.4 Å². The third-order valence-corrected chi connectivity index (χ3v) is 17.2. The number of hydrogen-bond donors (Lipinski definition) is 3. The highest BCUT2D eigenvalue weighted by molar-refractivity contribution is 7.47. The molecule has 0 heterocycles. The van der Waals surface area contributed by atoms with Crippen LogP contribution in [0.5, 0.6) is 0 Å².